The molecule has 0 saturated carbocycles. The molecule has 0 aliphatic rings. The Labute approximate surface area is 116 Å². The fourth-order valence-electron chi connectivity index (χ4n) is 2.00. The summed E-state index contributed by atoms with van der Waals surface area (Å²) in [6, 6.07) is 9.06. The number of amides is 1. The highest BCUT2D eigenvalue weighted by Gasteiger charge is 2.24. The van der Waals surface area contributed by atoms with Crippen molar-refractivity contribution in [1.82, 2.24) is 5.32 Å². The Balaban J connectivity index is 2.23. The minimum absolute atomic E-state index is 0.352. The number of aliphatic carboxylic acids is 1. The zero-order valence-corrected chi connectivity index (χ0v) is 11.2. The molecule has 0 aliphatic carbocycles. The quantitative estimate of drug-likeness (QED) is 0.896. The molecule has 1 atom stereocenters. The number of furan rings is 1. The number of carboxylic acids is 1. The van der Waals surface area contributed by atoms with Crippen LogP contribution in [0.3, 0.4) is 0 Å². The Morgan fingerprint density at radius 3 is 2.35 bits per heavy atom. The van der Waals surface area contributed by atoms with Crippen molar-refractivity contribution in [3.8, 4) is 0 Å². The molecule has 1 amide bonds. The Morgan fingerprint density at radius 1 is 1.20 bits per heavy atom. The number of carbonyl (C=O) groups excluding carboxylic acids is 1. The average molecular weight is 273 g/mol. The van der Waals surface area contributed by atoms with Gasteiger partial charge in [-0.3, -0.25) is 4.79 Å². The molecular weight excluding hydrogens is 258 g/mol. The number of hydrogen-bond donors (Lipinski definition) is 2. The second-order valence-corrected chi connectivity index (χ2v) is 4.48. The van der Waals surface area contributed by atoms with Gasteiger partial charge < -0.3 is 14.8 Å². The minimum atomic E-state index is -1.11. The molecule has 2 aromatic rings. The van der Waals surface area contributed by atoms with E-state index in [0.717, 1.165) is 0 Å². The highest BCUT2D eigenvalue weighted by Crippen LogP contribution is 2.17. The molecule has 0 fully saturated rings. The summed E-state index contributed by atoms with van der Waals surface area (Å²) in [6.07, 6.45) is 0. The average Bonchev–Trinajstić information content (AvgIpc) is 2.75. The molecule has 0 aliphatic heterocycles. The van der Waals surface area contributed by atoms with E-state index < -0.39 is 17.9 Å². The predicted octanol–water partition coefficient (Wildman–Crippen LogP) is 2.45. The van der Waals surface area contributed by atoms with Crippen LogP contribution in [0.1, 0.15) is 33.5 Å². The topological polar surface area (TPSA) is 79.5 Å². The highest BCUT2D eigenvalue weighted by molar-refractivity contribution is 5.97. The van der Waals surface area contributed by atoms with Crippen LogP contribution in [0.4, 0.5) is 0 Å². The molecule has 0 radical (unpaired) electrons. The molecule has 2 N–H and O–H groups in total. The van der Waals surface area contributed by atoms with E-state index in [1.54, 1.807) is 50.2 Å². The number of hydrogen-bond acceptors (Lipinski definition) is 3. The summed E-state index contributed by atoms with van der Waals surface area (Å²) in [7, 11) is 0. The van der Waals surface area contributed by atoms with E-state index in [-0.39, 0.29) is 0 Å². The van der Waals surface area contributed by atoms with Crippen molar-refractivity contribution in [3.63, 3.8) is 0 Å². The predicted molar refractivity (Wildman–Crippen MR) is 72.5 cm³/mol. The van der Waals surface area contributed by atoms with Gasteiger partial charge in [-0.05, 0) is 25.5 Å². The molecular formula is C15H15NO4. The van der Waals surface area contributed by atoms with Crippen LogP contribution in [0.15, 0.2) is 40.8 Å². The van der Waals surface area contributed by atoms with Crippen LogP contribution >= 0.6 is 0 Å². The third-order valence-electron chi connectivity index (χ3n) is 2.94. The van der Waals surface area contributed by atoms with E-state index in [1.165, 1.54) is 0 Å². The Hall–Kier alpha value is -2.56. The summed E-state index contributed by atoms with van der Waals surface area (Å²) in [5.41, 5.74) is 0.871. The van der Waals surface area contributed by atoms with Gasteiger partial charge in [0.25, 0.3) is 5.91 Å². The smallest absolute Gasteiger partial charge is 0.330 e. The Morgan fingerprint density at radius 2 is 1.85 bits per heavy atom. The molecule has 1 aromatic heterocycles. The molecule has 104 valence electrons. The number of rotatable bonds is 4. The largest absolute Gasteiger partial charge is 0.479 e. The SMILES string of the molecule is Cc1cc(C(=O)NC(C(=O)O)c2ccccc2)c(C)o1. The number of benzene rings is 1. The van der Waals surface area contributed by atoms with Crippen LogP contribution in [-0.2, 0) is 4.79 Å². The summed E-state index contributed by atoms with van der Waals surface area (Å²) in [5, 5.41) is 11.8. The van der Waals surface area contributed by atoms with Crippen LogP contribution < -0.4 is 5.32 Å². The lowest BCUT2D eigenvalue weighted by Gasteiger charge is -2.14. The number of carboxylic acid groups (broad SMARTS) is 1. The van der Waals surface area contributed by atoms with Crippen molar-refractivity contribution in [1.29, 1.82) is 0 Å². The standard InChI is InChI=1S/C15H15NO4/c1-9-8-12(10(2)20-9)14(17)16-13(15(18)19)11-6-4-3-5-7-11/h3-8,13H,1-2H3,(H,16,17)(H,18,19). The van der Waals surface area contributed by atoms with Gasteiger partial charge in [-0.1, -0.05) is 30.3 Å². The van der Waals surface area contributed by atoms with Crippen LogP contribution in [0, 0.1) is 13.8 Å². The van der Waals surface area contributed by atoms with Gasteiger partial charge in [0.1, 0.15) is 11.5 Å². The van der Waals surface area contributed by atoms with Crippen molar-refractivity contribution in [3.05, 3.63) is 59.0 Å². The molecule has 0 bridgehead atoms. The zero-order chi connectivity index (χ0) is 14.7. The van der Waals surface area contributed by atoms with E-state index in [4.69, 9.17) is 4.42 Å². The number of nitrogens with one attached hydrogen (secondary N) is 1. The van der Waals surface area contributed by atoms with Crippen molar-refractivity contribution in [2.45, 2.75) is 19.9 Å². The van der Waals surface area contributed by atoms with Crippen molar-refractivity contribution < 1.29 is 19.1 Å². The zero-order valence-electron chi connectivity index (χ0n) is 11.2. The van der Waals surface area contributed by atoms with Gasteiger partial charge in [0.2, 0.25) is 0 Å². The van der Waals surface area contributed by atoms with Gasteiger partial charge in [-0.2, -0.15) is 0 Å². The van der Waals surface area contributed by atoms with E-state index in [1.807, 2.05) is 0 Å². The van der Waals surface area contributed by atoms with Crippen molar-refractivity contribution >= 4 is 11.9 Å². The monoisotopic (exact) mass is 273 g/mol. The first-order chi connectivity index (χ1) is 9.49. The van der Waals surface area contributed by atoms with E-state index >= 15 is 0 Å². The maximum absolute atomic E-state index is 12.1. The number of carbonyl (C=O) groups is 2. The van der Waals surface area contributed by atoms with Gasteiger partial charge in [-0.25, -0.2) is 4.79 Å². The molecule has 0 saturated heterocycles. The van der Waals surface area contributed by atoms with Crippen LogP contribution in [-0.4, -0.2) is 17.0 Å². The maximum atomic E-state index is 12.1. The van der Waals surface area contributed by atoms with Crippen LogP contribution in [0.5, 0.6) is 0 Å². The van der Waals surface area contributed by atoms with Gasteiger partial charge in [0.15, 0.2) is 6.04 Å². The molecule has 0 spiro atoms. The fraction of sp³-hybridized carbons (Fsp3) is 0.200. The third kappa shape index (κ3) is 2.88. The highest BCUT2D eigenvalue weighted by atomic mass is 16.4. The fourth-order valence-corrected chi connectivity index (χ4v) is 2.00. The van der Waals surface area contributed by atoms with E-state index in [0.29, 0.717) is 22.6 Å². The normalized spacial score (nSPS) is 11.9. The molecule has 5 heteroatoms. The summed E-state index contributed by atoms with van der Waals surface area (Å²) in [4.78, 5) is 23.5. The lowest BCUT2D eigenvalue weighted by Crippen LogP contribution is -2.33. The van der Waals surface area contributed by atoms with Crippen LogP contribution in [0.2, 0.25) is 0 Å². The second kappa shape index (κ2) is 5.61. The minimum Gasteiger partial charge on any atom is -0.479 e. The summed E-state index contributed by atoms with van der Waals surface area (Å²) < 4.78 is 5.28. The summed E-state index contributed by atoms with van der Waals surface area (Å²) >= 11 is 0. The first kappa shape index (κ1) is 13.9. The first-order valence-corrected chi connectivity index (χ1v) is 6.14. The van der Waals surface area contributed by atoms with Gasteiger partial charge in [-0.15, -0.1) is 0 Å². The Kier molecular flexibility index (Phi) is 3.89. The summed E-state index contributed by atoms with van der Waals surface area (Å²) in [6.45, 7) is 3.40. The molecule has 5 nitrogen and oxygen atoms in total. The molecule has 1 heterocycles. The molecule has 1 unspecified atom stereocenters. The third-order valence-corrected chi connectivity index (χ3v) is 2.94. The van der Waals surface area contributed by atoms with Crippen molar-refractivity contribution in [2.24, 2.45) is 0 Å². The van der Waals surface area contributed by atoms with Gasteiger partial charge >= 0.3 is 5.97 Å². The summed E-state index contributed by atoms with van der Waals surface area (Å²) in [5.74, 6) is -0.491. The lowest BCUT2D eigenvalue weighted by molar-refractivity contribution is -0.139. The Bertz CT molecular complexity index is 631. The van der Waals surface area contributed by atoms with Gasteiger partial charge in [0, 0.05) is 0 Å². The second-order valence-electron chi connectivity index (χ2n) is 4.48. The lowest BCUT2D eigenvalue weighted by atomic mass is 10.1. The van der Waals surface area contributed by atoms with Crippen LogP contribution in [0.25, 0.3) is 0 Å². The van der Waals surface area contributed by atoms with E-state index in [2.05, 4.69) is 5.32 Å². The van der Waals surface area contributed by atoms with Gasteiger partial charge in [0.05, 0.1) is 5.56 Å². The van der Waals surface area contributed by atoms with Crippen molar-refractivity contribution in [2.75, 3.05) is 0 Å². The molecule has 20 heavy (non-hydrogen) atoms. The number of aryl methyl sites for hydroxylation is 2. The van der Waals surface area contributed by atoms with E-state index in [9.17, 15) is 14.7 Å². The first-order valence-electron chi connectivity index (χ1n) is 6.14. The maximum Gasteiger partial charge on any atom is 0.330 e. The molecule has 1 aromatic carbocycles. The molecule has 2 rings (SSSR count).